The van der Waals surface area contributed by atoms with Crippen molar-refractivity contribution in [2.24, 2.45) is 11.5 Å². The lowest BCUT2D eigenvalue weighted by Crippen LogP contribution is -2.29. The van der Waals surface area contributed by atoms with Crippen LogP contribution in [0.5, 0.6) is 0 Å². The molecule has 8 N–H and O–H groups in total. The Morgan fingerprint density at radius 2 is 1.18 bits per heavy atom. The van der Waals surface area contributed by atoms with Gasteiger partial charge in [-0.15, -0.1) is 0 Å². The Hall–Kier alpha value is -0.240. The molecule has 0 bridgehead atoms. The van der Waals surface area contributed by atoms with E-state index in [1.807, 2.05) is 0 Å². The minimum atomic E-state index is 0.0714. The zero-order chi connectivity index (χ0) is 14.5. The first kappa shape index (κ1) is 25.6. The molecular weight excluding hydrogens is 224 g/mol. The van der Waals surface area contributed by atoms with Crippen LogP contribution in [-0.2, 0) is 0 Å². The Morgan fingerprint density at radius 3 is 1.35 bits per heavy atom. The van der Waals surface area contributed by atoms with Gasteiger partial charge in [-0.3, -0.25) is 0 Å². The highest BCUT2D eigenvalue weighted by Crippen LogP contribution is 1.89. The van der Waals surface area contributed by atoms with Gasteiger partial charge in [0.2, 0.25) is 0 Å². The van der Waals surface area contributed by atoms with Gasteiger partial charge in [0.1, 0.15) is 0 Å². The van der Waals surface area contributed by atoms with Crippen LogP contribution in [0.1, 0.15) is 33.6 Å². The van der Waals surface area contributed by atoms with Crippen molar-refractivity contribution >= 4 is 0 Å². The van der Waals surface area contributed by atoms with E-state index < -0.39 is 0 Å². The lowest BCUT2D eigenvalue weighted by molar-refractivity contribution is 0.280. The van der Waals surface area contributed by atoms with E-state index in [1.54, 1.807) is 20.8 Å². The van der Waals surface area contributed by atoms with E-state index in [9.17, 15) is 0 Å². The maximum Gasteiger partial charge on any atom is 0.0431 e. The van der Waals surface area contributed by atoms with Crippen molar-refractivity contribution in [3.8, 4) is 0 Å². The van der Waals surface area contributed by atoms with Crippen molar-refractivity contribution < 1.29 is 20.4 Å². The molecule has 110 valence electrons. The normalized spacial score (nSPS) is 9.71. The monoisotopic (exact) mass is 256 g/mol. The van der Waals surface area contributed by atoms with Gasteiger partial charge in [0.15, 0.2) is 0 Å². The molecule has 0 aliphatic rings. The number of aliphatic hydroxyl groups excluding tert-OH is 4. The molecule has 0 saturated heterocycles. The van der Waals surface area contributed by atoms with Crippen LogP contribution in [0.2, 0.25) is 0 Å². The van der Waals surface area contributed by atoms with Crippen LogP contribution in [0.15, 0.2) is 0 Å². The molecule has 1 unspecified atom stereocenters. The fourth-order valence-electron chi connectivity index (χ4n) is 0.471. The average Bonchev–Trinajstić information content (AvgIpc) is 2.29. The minimum Gasteiger partial charge on any atom is -0.397 e. The van der Waals surface area contributed by atoms with E-state index in [0.717, 1.165) is 12.8 Å². The molecule has 0 aromatic rings. The quantitative estimate of drug-likeness (QED) is 0.384. The summed E-state index contributed by atoms with van der Waals surface area (Å²) < 4.78 is 0. The first-order valence-corrected chi connectivity index (χ1v) is 5.94. The smallest absolute Gasteiger partial charge is 0.0431 e. The van der Waals surface area contributed by atoms with Gasteiger partial charge in [-0.2, -0.15) is 0 Å². The standard InChI is InChI=1S/C5H14N2O.3C2H6O/c6-4-5(7)2-1-3-8;3*1-2-3/h5,8H,1-4,6-7H2;3*3H,2H2,1H3. The van der Waals surface area contributed by atoms with Gasteiger partial charge >= 0.3 is 0 Å². The summed E-state index contributed by atoms with van der Waals surface area (Å²) in [7, 11) is 0. The Balaban J connectivity index is -0.0000000784. The molecule has 0 aromatic carbocycles. The highest BCUT2D eigenvalue weighted by Gasteiger charge is 1.95. The van der Waals surface area contributed by atoms with Crippen LogP contribution in [0.25, 0.3) is 0 Å². The summed E-state index contributed by atoms with van der Waals surface area (Å²) in [6.45, 7) is 6.52. The summed E-state index contributed by atoms with van der Waals surface area (Å²) in [6, 6.07) is 0.0714. The van der Waals surface area contributed by atoms with Gasteiger partial charge in [0.25, 0.3) is 0 Å². The molecule has 17 heavy (non-hydrogen) atoms. The number of nitrogens with two attached hydrogens (primary N) is 2. The van der Waals surface area contributed by atoms with Crippen LogP contribution >= 0.6 is 0 Å². The fraction of sp³-hybridized carbons (Fsp3) is 1.00. The molecule has 6 nitrogen and oxygen atoms in total. The van der Waals surface area contributed by atoms with Gasteiger partial charge in [-0.25, -0.2) is 0 Å². The molecule has 0 amide bonds. The SMILES string of the molecule is CCO.CCO.CCO.NCC(N)CCCO. The molecule has 0 aliphatic heterocycles. The lowest BCUT2D eigenvalue weighted by Gasteiger charge is -2.04. The third-order valence-electron chi connectivity index (χ3n) is 1.04. The maximum atomic E-state index is 8.31. The van der Waals surface area contributed by atoms with Crippen molar-refractivity contribution in [3.05, 3.63) is 0 Å². The fourth-order valence-corrected chi connectivity index (χ4v) is 0.471. The summed E-state index contributed by atoms with van der Waals surface area (Å²) in [5, 5.41) is 31.0. The van der Waals surface area contributed by atoms with Crippen molar-refractivity contribution in [2.75, 3.05) is 33.0 Å². The van der Waals surface area contributed by atoms with Crippen molar-refractivity contribution in [1.29, 1.82) is 0 Å². The van der Waals surface area contributed by atoms with E-state index in [2.05, 4.69) is 0 Å². The Morgan fingerprint density at radius 1 is 0.882 bits per heavy atom. The van der Waals surface area contributed by atoms with E-state index in [4.69, 9.17) is 31.9 Å². The summed E-state index contributed by atoms with van der Waals surface area (Å²) in [5.74, 6) is 0. The lowest BCUT2D eigenvalue weighted by atomic mass is 10.2. The molecule has 0 rings (SSSR count). The highest BCUT2D eigenvalue weighted by atomic mass is 16.3. The maximum absolute atomic E-state index is 8.31. The van der Waals surface area contributed by atoms with Crippen LogP contribution in [0, 0.1) is 0 Å². The van der Waals surface area contributed by atoms with Gasteiger partial charge in [-0.05, 0) is 33.6 Å². The predicted octanol–water partition coefficient (Wildman–Crippen LogP) is -0.959. The molecule has 0 fully saturated rings. The minimum absolute atomic E-state index is 0.0714. The Labute approximate surface area is 105 Å². The molecular formula is C11H32N2O4. The average molecular weight is 256 g/mol. The number of aliphatic hydroxyl groups is 4. The second-order valence-corrected chi connectivity index (χ2v) is 2.81. The third-order valence-corrected chi connectivity index (χ3v) is 1.04. The summed E-state index contributed by atoms with van der Waals surface area (Å²) in [4.78, 5) is 0. The molecule has 0 spiro atoms. The van der Waals surface area contributed by atoms with Gasteiger partial charge in [0.05, 0.1) is 0 Å². The summed E-state index contributed by atoms with van der Waals surface area (Å²) in [5.41, 5.74) is 10.6. The Kier molecular flexibility index (Phi) is 54.2. The predicted molar refractivity (Wildman–Crippen MR) is 71.6 cm³/mol. The van der Waals surface area contributed by atoms with Crippen LogP contribution in [-0.4, -0.2) is 59.4 Å². The first-order valence-electron chi connectivity index (χ1n) is 5.94. The molecule has 0 saturated carbocycles. The largest absolute Gasteiger partial charge is 0.397 e. The van der Waals surface area contributed by atoms with Gasteiger partial charge in [-0.1, -0.05) is 0 Å². The van der Waals surface area contributed by atoms with Gasteiger partial charge in [0, 0.05) is 39.0 Å². The van der Waals surface area contributed by atoms with Crippen LogP contribution < -0.4 is 11.5 Å². The van der Waals surface area contributed by atoms with E-state index >= 15 is 0 Å². The topological polar surface area (TPSA) is 133 Å². The van der Waals surface area contributed by atoms with E-state index in [-0.39, 0.29) is 32.5 Å². The Bertz CT molecular complexity index is 83.1. The summed E-state index contributed by atoms with van der Waals surface area (Å²) in [6.07, 6.45) is 1.59. The van der Waals surface area contributed by atoms with E-state index in [1.165, 1.54) is 0 Å². The first-order chi connectivity index (χ1) is 8.05. The van der Waals surface area contributed by atoms with Crippen LogP contribution in [0.4, 0.5) is 0 Å². The second kappa shape index (κ2) is 36.0. The van der Waals surface area contributed by atoms with Gasteiger partial charge < -0.3 is 31.9 Å². The molecule has 6 heteroatoms. The van der Waals surface area contributed by atoms with Crippen molar-refractivity contribution in [1.82, 2.24) is 0 Å². The zero-order valence-electron chi connectivity index (χ0n) is 11.5. The van der Waals surface area contributed by atoms with Crippen LogP contribution in [0.3, 0.4) is 0 Å². The molecule has 0 aromatic heterocycles. The highest BCUT2D eigenvalue weighted by molar-refractivity contribution is 4.59. The molecule has 1 atom stereocenters. The second-order valence-electron chi connectivity index (χ2n) is 2.81. The van der Waals surface area contributed by atoms with Crippen molar-refractivity contribution in [2.45, 2.75) is 39.7 Å². The molecule has 0 radical (unpaired) electrons. The third kappa shape index (κ3) is 89.9. The molecule has 0 aliphatic carbocycles. The molecule has 0 heterocycles. The number of hydrogen-bond donors (Lipinski definition) is 6. The number of hydrogen-bond acceptors (Lipinski definition) is 6. The number of rotatable bonds is 4. The zero-order valence-corrected chi connectivity index (χ0v) is 11.5. The summed E-state index contributed by atoms with van der Waals surface area (Å²) >= 11 is 0. The van der Waals surface area contributed by atoms with E-state index in [0.29, 0.717) is 6.54 Å². The van der Waals surface area contributed by atoms with Crippen molar-refractivity contribution in [3.63, 3.8) is 0 Å².